The van der Waals surface area contributed by atoms with E-state index < -0.39 is 50.3 Å². The zero-order valence-electron chi connectivity index (χ0n) is 22.9. The summed E-state index contributed by atoms with van der Waals surface area (Å²) in [5.74, 6) is -0.628. The number of halogens is 3. The van der Waals surface area contributed by atoms with Crippen molar-refractivity contribution in [3.63, 3.8) is 0 Å². The van der Waals surface area contributed by atoms with Crippen molar-refractivity contribution in [2.75, 3.05) is 32.8 Å². The molecule has 5 rings (SSSR count). The Balaban J connectivity index is 1.45. The number of carbonyl (C=O) groups excluding carboxylic acids is 1. The number of likely N-dealkylation sites (tertiary alicyclic amines) is 1. The fourth-order valence-electron chi connectivity index (χ4n) is 5.81. The summed E-state index contributed by atoms with van der Waals surface area (Å²) in [5, 5.41) is 3.16. The van der Waals surface area contributed by atoms with Crippen molar-refractivity contribution in [1.82, 2.24) is 19.5 Å². The number of hydrogen-bond acceptors (Lipinski definition) is 7. The Bertz CT molecular complexity index is 1330. The van der Waals surface area contributed by atoms with Crippen molar-refractivity contribution in [1.29, 1.82) is 0 Å². The average molecular weight is 597 g/mol. The molecular weight excluding hydrogens is 561 g/mol. The zero-order chi connectivity index (χ0) is 29.3. The lowest BCUT2D eigenvalue weighted by atomic mass is 9.84. The summed E-state index contributed by atoms with van der Waals surface area (Å²) in [7, 11) is -4.54. The summed E-state index contributed by atoms with van der Waals surface area (Å²) in [4.78, 5) is 19.8. The van der Waals surface area contributed by atoms with Crippen LogP contribution in [0.25, 0.3) is 0 Å². The van der Waals surface area contributed by atoms with E-state index in [1.807, 2.05) is 25.1 Å². The molecule has 1 amide bonds. The molecule has 1 N–H and O–H groups in total. The van der Waals surface area contributed by atoms with Crippen LogP contribution in [-0.4, -0.2) is 79.0 Å². The third-order valence-corrected chi connectivity index (χ3v) is 9.98. The molecule has 2 atom stereocenters. The second-order valence-corrected chi connectivity index (χ2v) is 12.8. The fourth-order valence-corrected chi connectivity index (χ4v) is 7.60. The summed E-state index contributed by atoms with van der Waals surface area (Å²) >= 11 is 0. The van der Waals surface area contributed by atoms with Gasteiger partial charge in [0.2, 0.25) is 15.9 Å². The molecule has 224 valence electrons. The van der Waals surface area contributed by atoms with E-state index in [1.54, 1.807) is 6.20 Å². The lowest BCUT2D eigenvalue weighted by molar-refractivity contribution is -0.137. The molecule has 0 unspecified atom stereocenters. The number of alkyl halides is 3. The predicted octanol–water partition coefficient (Wildman–Crippen LogP) is 3.59. The van der Waals surface area contributed by atoms with Crippen molar-refractivity contribution in [3.8, 4) is 5.75 Å². The Morgan fingerprint density at radius 2 is 1.95 bits per heavy atom. The minimum atomic E-state index is -4.75. The molecule has 0 aliphatic carbocycles. The Kier molecular flexibility index (Phi) is 8.61. The molecule has 4 heterocycles. The topological polar surface area (TPSA) is 101 Å². The van der Waals surface area contributed by atoms with Crippen LogP contribution < -0.4 is 10.1 Å². The Morgan fingerprint density at radius 1 is 1.17 bits per heavy atom. The largest absolute Gasteiger partial charge is 0.492 e. The van der Waals surface area contributed by atoms with Gasteiger partial charge in [-0.15, -0.1) is 0 Å². The molecule has 0 radical (unpaired) electrons. The monoisotopic (exact) mass is 596 g/mol. The first-order valence-corrected chi connectivity index (χ1v) is 15.4. The minimum Gasteiger partial charge on any atom is -0.492 e. The van der Waals surface area contributed by atoms with E-state index in [9.17, 15) is 26.4 Å². The van der Waals surface area contributed by atoms with Crippen molar-refractivity contribution in [2.45, 2.75) is 74.3 Å². The first-order valence-electron chi connectivity index (χ1n) is 13.9. The van der Waals surface area contributed by atoms with E-state index in [0.29, 0.717) is 58.0 Å². The maximum atomic E-state index is 13.9. The first-order chi connectivity index (χ1) is 19.5. The van der Waals surface area contributed by atoms with Crippen molar-refractivity contribution in [2.24, 2.45) is 0 Å². The predicted molar refractivity (Wildman–Crippen MR) is 144 cm³/mol. The van der Waals surface area contributed by atoms with Crippen LogP contribution in [0.1, 0.15) is 50.3 Å². The normalized spacial score (nSPS) is 25.0. The zero-order valence-corrected chi connectivity index (χ0v) is 23.7. The van der Waals surface area contributed by atoms with Crippen LogP contribution in [0.2, 0.25) is 0 Å². The molecule has 9 nitrogen and oxygen atoms in total. The number of sulfonamides is 1. The average Bonchev–Trinajstić information content (AvgIpc) is 3.38. The van der Waals surface area contributed by atoms with Gasteiger partial charge in [-0.2, -0.15) is 17.5 Å². The first kappa shape index (κ1) is 29.7. The summed E-state index contributed by atoms with van der Waals surface area (Å²) < 4.78 is 81.3. The van der Waals surface area contributed by atoms with Crippen molar-refractivity contribution < 1.29 is 35.9 Å². The maximum Gasteiger partial charge on any atom is 0.416 e. The number of piperidine rings is 1. The van der Waals surface area contributed by atoms with E-state index >= 15 is 0 Å². The molecule has 1 aromatic heterocycles. The number of nitrogens with zero attached hydrogens (tertiary/aromatic N) is 3. The van der Waals surface area contributed by atoms with Gasteiger partial charge in [0, 0.05) is 57.4 Å². The lowest BCUT2D eigenvalue weighted by Crippen LogP contribution is -2.59. The summed E-state index contributed by atoms with van der Waals surface area (Å²) in [6.07, 6.45) is -1.18. The number of hydrogen-bond donors (Lipinski definition) is 1. The number of pyridine rings is 1. The number of benzene rings is 1. The lowest BCUT2D eigenvalue weighted by Gasteiger charge is -2.43. The highest BCUT2D eigenvalue weighted by Gasteiger charge is 2.48. The fraction of sp³-hybridized carbons (Fsp3) is 0.571. The number of carbonyl (C=O) groups is 1. The van der Waals surface area contributed by atoms with Gasteiger partial charge >= 0.3 is 6.18 Å². The van der Waals surface area contributed by atoms with Crippen LogP contribution in [0, 0.1) is 0 Å². The molecule has 2 fully saturated rings. The molecule has 2 saturated heterocycles. The molecule has 41 heavy (non-hydrogen) atoms. The second kappa shape index (κ2) is 11.9. The van der Waals surface area contributed by atoms with E-state index in [0.717, 1.165) is 22.1 Å². The van der Waals surface area contributed by atoms with Gasteiger partial charge in [-0.1, -0.05) is 13.0 Å². The van der Waals surface area contributed by atoms with Gasteiger partial charge in [0.25, 0.3) is 0 Å². The SMILES string of the molecule is CCCO[C@@H]1C[C@H]2C(=O)NC3(CCOc4ccc(C(F)(F)F)cc4S(=O)(=O)N2C1)CCN(Cc1ccccn1)CC3. The van der Waals surface area contributed by atoms with E-state index in [1.165, 1.54) is 0 Å². The van der Waals surface area contributed by atoms with Crippen LogP contribution >= 0.6 is 0 Å². The molecule has 3 aliphatic rings. The van der Waals surface area contributed by atoms with Gasteiger partial charge in [-0.05, 0) is 49.6 Å². The standard InChI is InChI=1S/C28H35F3N4O5S/c1-2-14-39-22-17-23-26(36)33-27(8-12-34(13-9-27)18-21-5-3-4-11-32-21)10-15-40-24-7-6-20(28(29,30)31)16-25(24)41(37,38)35(23)19-22/h3-7,11,16,22-23H,2,8-10,12-15,17-19H2,1H3,(H,33,36)/t22-,23+/m1/s1. The van der Waals surface area contributed by atoms with Gasteiger partial charge in [-0.3, -0.25) is 14.7 Å². The molecule has 1 spiro atoms. The quantitative estimate of drug-likeness (QED) is 0.563. The van der Waals surface area contributed by atoms with Crippen LogP contribution in [0.5, 0.6) is 5.75 Å². The second-order valence-electron chi connectivity index (χ2n) is 10.9. The summed E-state index contributed by atoms with van der Waals surface area (Å²) in [5.41, 5.74) is -0.821. The molecule has 3 aliphatic heterocycles. The smallest absolute Gasteiger partial charge is 0.416 e. The number of fused-ring (bicyclic) bond motifs is 2. The van der Waals surface area contributed by atoms with Crippen LogP contribution in [0.3, 0.4) is 0 Å². The van der Waals surface area contributed by atoms with Gasteiger partial charge in [-0.25, -0.2) is 8.42 Å². The minimum absolute atomic E-state index is 0.0291. The number of aromatic nitrogens is 1. The molecule has 2 aromatic rings. The summed E-state index contributed by atoms with van der Waals surface area (Å²) in [6.45, 7) is 4.20. The van der Waals surface area contributed by atoms with Gasteiger partial charge in [0.1, 0.15) is 16.7 Å². The van der Waals surface area contributed by atoms with Gasteiger partial charge in [0.05, 0.1) is 24.0 Å². The third-order valence-electron chi connectivity index (χ3n) is 8.09. The van der Waals surface area contributed by atoms with Gasteiger partial charge < -0.3 is 14.8 Å². The Hall–Kier alpha value is -2.74. The van der Waals surface area contributed by atoms with E-state index in [-0.39, 0.29) is 25.3 Å². The van der Waals surface area contributed by atoms with Crippen molar-refractivity contribution in [3.05, 3.63) is 53.9 Å². The van der Waals surface area contributed by atoms with Crippen molar-refractivity contribution >= 4 is 15.9 Å². The van der Waals surface area contributed by atoms with E-state index in [4.69, 9.17) is 9.47 Å². The number of amides is 1. The molecule has 0 saturated carbocycles. The highest BCUT2D eigenvalue weighted by molar-refractivity contribution is 7.89. The number of rotatable bonds is 5. The van der Waals surface area contributed by atoms with Gasteiger partial charge in [0.15, 0.2) is 0 Å². The molecular formula is C28H35F3N4O5S. The Morgan fingerprint density at radius 3 is 2.63 bits per heavy atom. The van der Waals surface area contributed by atoms with E-state index in [2.05, 4.69) is 15.2 Å². The maximum absolute atomic E-state index is 13.9. The van der Waals surface area contributed by atoms with Crippen LogP contribution in [0.4, 0.5) is 13.2 Å². The molecule has 0 bridgehead atoms. The third kappa shape index (κ3) is 6.52. The summed E-state index contributed by atoms with van der Waals surface area (Å²) in [6, 6.07) is 7.11. The Labute approximate surface area is 238 Å². The van der Waals surface area contributed by atoms with Crippen LogP contribution in [-0.2, 0) is 32.3 Å². The molecule has 1 aromatic carbocycles. The number of ether oxygens (including phenoxy) is 2. The molecule has 13 heteroatoms. The number of nitrogens with one attached hydrogen (secondary N) is 1. The highest BCUT2D eigenvalue weighted by atomic mass is 32.2. The van der Waals surface area contributed by atoms with Crippen LogP contribution in [0.15, 0.2) is 47.5 Å². The highest BCUT2D eigenvalue weighted by Crippen LogP contribution is 2.39.